The van der Waals surface area contributed by atoms with Crippen LogP contribution >= 0.6 is 0 Å². The molecule has 0 atom stereocenters. The van der Waals surface area contributed by atoms with Gasteiger partial charge in [-0.3, -0.25) is 4.79 Å². The second kappa shape index (κ2) is 3.90. The lowest BCUT2D eigenvalue weighted by Gasteiger charge is -2.03. The lowest BCUT2D eigenvalue weighted by molar-refractivity contribution is -0.105. The van der Waals surface area contributed by atoms with Crippen LogP contribution in [0, 0.1) is 6.92 Å². The molecule has 0 saturated heterocycles. The van der Waals surface area contributed by atoms with Gasteiger partial charge < -0.3 is 5.32 Å². The highest BCUT2D eigenvalue weighted by Crippen LogP contribution is 2.13. The number of amides is 1. The summed E-state index contributed by atoms with van der Waals surface area (Å²) >= 11 is 0. The van der Waals surface area contributed by atoms with E-state index in [9.17, 15) is 4.79 Å². The van der Waals surface area contributed by atoms with Crippen molar-refractivity contribution in [2.45, 2.75) is 20.3 Å². The monoisotopic (exact) mass is 163 g/mol. The predicted octanol–water partition coefficient (Wildman–Crippen LogP) is 2.13. The fourth-order valence-corrected chi connectivity index (χ4v) is 1.22. The summed E-state index contributed by atoms with van der Waals surface area (Å²) in [6.45, 7) is 4.12. The van der Waals surface area contributed by atoms with E-state index >= 15 is 0 Å². The zero-order valence-electron chi connectivity index (χ0n) is 7.42. The van der Waals surface area contributed by atoms with Gasteiger partial charge in [-0.2, -0.15) is 0 Å². The summed E-state index contributed by atoms with van der Waals surface area (Å²) in [5.41, 5.74) is 3.31. The van der Waals surface area contributed by atoms with Crippen molar-refractivity contribution in [1.29, 1.82) is 0 Å². The minimum absolute atomic E-state index is 0.703. The first kappa shape index (κ1) is 8.78. The quantitative estimate of drug-likeness (QED) is 0.679. The number of carbonyl (C=O) groups is 1. The van der Waals surface area contributed by atoms with Crippen LogP contribution in [0.3, 0.4) is 0 Å². The van der Waals surface area contributed by atoms with Crippen LogP contribution in [0.5, 0.6) is 0 Å². The lowest BCUT2D eigenvalue weighted by atomic mass is 10.1. The molecule has 0 aliphatic heterocycles. The SMILES string of the molecule is CCc1cc(C)cc(NC=O)c1. The number of hydrogen-bond donors (Lipinski definition) is 1. The van der Waals surface area contributed by atoms with Crippen molar-refractivity contribution in [3.05, 3.63) is 29.3 Å². The summed E-state index contributed by atoms with van der Waals surface area (Å²) in [6.07, 6.45) is 1.70. The van der Waals surface area contributed by atoms with E-state index in [0.717, 1.165) is 12.1 Å². The molecule has 1 aromatic rings. The molecule has 0 fully saturated rings. The maximum Gasteiger partial charge on any atom is 0.211 e. The summed E-state index contributed by atoms with van der Waals surface area (Å²) in [7, 11) is 0. The molecular weight excluding hydrogens is 150 g/mol. The van der Waals surface area contributed by atoms with Crippen molar-refractivity contribution < 1.29 is 4.79 Å². The normalized spacial score (nSPS) is 9.50. The average Bonchev–Trinajstić information content (AvgIpc) is 2.04. The minimum atomic E-state index is 0.703. The Morgan fingerprint density at radius 3 is 2.75 bits per heavy atom. The van der Waals surface area contributed by atoms with Crippen LogP contribution in [-0.2, 0) is 11.2 Å². The van der Waals surface area contributed by atoms with Gasteiger partial charge >= 0.3 is 0 Å². The molecule has 2 nitrogen and oxygen atoms in total. The van der Waals surface area contributed by atoms with Gasteiger partial charge in [-0.25, -0.2) is 0 Å². The van der Waals surface area contributed by atoms with E-state index in [1.807, 2.05) is 19.1 Å². The molecule has 0 spiro atoms. The van der Waals surface area contributed by atoms with Crippen LogP contribution in [0.2, 0.25) is 0 Å². The highest BCUT2D eigenvalue weighted by atomic mass is 16.1. The standard InChI is InChI=1S/C10H13NO/c1-3-9-4-8(2)5-10(6-9)11-7-12/h4-7H,3H2,1-2H3,(H,11,12). The summed E-state index contributed by atoms with van der Waals surface area (Å²) in [5, 5.41) is 2.64. The maximum absolute atomic E-state index is 10.2. The van der Waals surface area contributed by atoms with Crippen molar-refractivity contribution in [2.75, 3.05) is 5.32 Å². The number of aryl methyl sites for hydroxylation is 2. The molecular formula is C10H13NO. The minimum Gasteiger partial charge on any atom is -0.329 e. The molecule has 1 N–H and O–H groups in total. The largest absolute Gasteiger partial charge is 0.329 e. The zero-order valence-corrected chi connectivity index (χ0v) is 7.42. The van der Waals surface area contributed by atoms with Crippen LogP contribution in [-0.4, -0.2) is 6.41 Å². The van der Waals surface area contributed by atoms with Crippen molar-refractivity contribution in [3.63, 3.8) is 0 Å². The molecule has 0 aliphatic carbocycles. The van der Waals surface area contributed by atoms with E-state index in [2.05, 4.69) is 18.3 Å². The molecule has 1 amide bonds. The molecule has 0 bridgehead atoms. The van der Waals surface area contributed by atoms with Gasteiger partial charge in [0.05, 0.1) is 0 Å². The second-order valence-corrected chi connectivity index (χ2v) is 2.82. The van der Waals surface area contributed by atoms with E-state index in [0.29, 0.717) is 6.41 Å². The van der Waals surface area contributed by atoms with E-state index in [1.54, 1.807) is 0 Å². The molecule has 0 radical (unpaired) electrons. The highest BCUT2D eigenvalue weighted by Gasteiger charge is 1.95. The maximum atomic E-state index is 10.2. The van der Waals surface area contributed by atoms with Gasteiger partial charge in [0.15, 0.2) is 0 Å². The van der Waals surface area contributed by atoms with E-state index in [1.165, 1.54) is 11.1 Å². The van der Waals surface area contributed by atoms with E-state index in [4.69, 9.17) is 0 Å². The molecule has 1 rings (SSSR count). The van der Waals surface area contributed by atoms with Gasteiger partial charge in [0, 0.05) is 5.69 Å². The molecule has 64 valence electrons. The van der Waals surface area contributed by atoms with Gasteiger partial charge in [-0.05, 0) is 36.6 Å². The summed E-state index contributed by atoms with van der Waals surface area (Å²) in [5.74, 6) is 0. The van der Waals surface area contributed by atoms with Crippen LogP contribution < -0.4 is 5.32 Å². The third-order valence-electron chi connectivity index (χ3n) is 1.77. The van der Waals surface area contributed by atoms with Gasteiger partial charge in [0.2, 0.25) is 6.41 Å². The van der Waals surface area contributed by atoms with Crippen molar-refractivity contribution in [1.82, 2.24) is 0 Å². The fraction of sp³-hybridized carbons (Fsp3) is 0.300. The molecule has 0 heterocycles. The molecule has 0 unspecified atom stereocenters. The van der Waals surface area contributed by atoms with E-state index in [-0.39, 0.29) is 0 Å². The first-order valence-electron chi connectivity index (χ1n) is 4.07. The van der Waals surface area contributed by atoms with Gasteiger partial charge in [0.25, 0.3) is 0 Å². The topological polar surface area (TPSA) is 29.1 Å². The van der Waals surface area contributed by atoms with Crippen LogP contribution in [0.1, 0.15) is 18.1 Å². The predicted molar refractivity (Wildman–Crippen MR) is 50.2 cm³/mol. The van der Waals surface area contributed by atoms with Crippen molar-refractivity contribution in [2.24, 2.45) is 0 Å². The first-order valence-corrected chi connectivity index (χ1v) is 4.07. The highest BCUT2D eigenvalue weighted by molar-refractivity contribution is 5.71. The third-order valence-corrected chi connectivity index (χ3v) is 1.77. The Kier molecular flexibility index (Phi) is 2.86. The number of rotatable bonds is 3. The van der Waals surface area contributed by atoms with Crippen molar-refractivity contribution in [3.8, 4) is 0 Å². The molecule has 0 saturated carbocycles. The lowest BCUT2D eigenvalue weighted by Crippen LogP contribution is -1.95. The van der Waals surface area contributed by atoms with Crippen molar-refractivity contribution >= 4 is 12.1 Å². The number of hydrogen-bond acceptors (Lipinski definition) is 1. The average molecular weight is 163 g/mol. The smallest absolute Gasteiger partial charge is 0.211 e. The molecule has 2 heteroatoms. The Labute approximate surface area is 72.6 Å². The summed E-state index contributed by atoms with van der Waals surface area (Å²) in [6, 6.07) is 6.06. The first-order chi connectivity index (χ1) is 5.76. The number of benzene rings is 1. The number of carbonyl (C=O) groups excluding carboxylic acids is 1. The van der Waals surface area contributed by atoms with Gasteiger partial charge in [-0.15, -0.1) is 0 Å². The number of anilines is 1. The fourth-order valence-electron chi connectivity index (χ4n) is 1.22. The van der Waals surface area contributed by atoms with Crippen LogP contribution in [0.15, 0.2) is 18.2 Å². The second-order valence-electron chi connectivity index (χ2n) is 2.82. The Hall–Kier alpha value is -1.31. The van der Waals surface area contributed by atoms with Crippen LogP contribution in [0.4, 0.5) is 5.69 Å². The number of nitrogens with one attached hydrogen (secondary N) is 1. The molecule has 0 aromatic heterocycles. The van der Waals surface area contributed by atoms with Gasteiger partial charge in [0.1, 0.15) is 0 Å². The molecule has 1 aromatic carbocycles. The van der Waals surface area contributed by atoms with Gasteiger partial charge in [-0.1, -0.05) is 13.0 Å². The summed E-state index contributed by atoms with van der Waals surface area (Å²) in [4.78, 5) is 10.2. The Balaban J connectivity index is 2.97. The Morgan fingerprint density at radius 2 is 2.17 bits per heavy atom. The van der Waals surface area contributed by atoms with E-state index < -0.39 is 0 Å². The molecule has 12 heavy (non-hydrogen) atoms. The van der Waals surface area contributed by atoms with Crippen LogP contribution in [0.25, 0.3) is 0 Å². The Morgan fingerprint density at radius 1 is 1.42 bits per heavy atom. The third kappa shape index (κ3) is 2.09. The Bertz CT molecular complexity index is 281. The molecule has 0 aliphatic rings. The summed E-state index contributed by atoms with van der Waals surface area (Å²) < 4.78 is 0. The zero-order chi connectivity index (χ0) is 8.97.